The van der Waals surface area contributed by atoms with E-state index in [-0.39, 0.29) is 21.1 Å². The van der Waals surface area contributed by atoms with Crippen LogP contribution >= 0.6 is 0 Å². The molecule has 7 rings (SSSR count). The zero-order valence-corrected chi connectivity index (χ0v) is 20.8. The summed E-state index contributed by atoms with van der Waals surface area (Å²) in [4.78, 5) is 14.5. The van der Waals surface area contributed by atoms with Crippen molar-refractivity contribution in [3.05, 3.63) is 116 Å². The van der Waals surface area contributed by atoms with Gasteiger partial charge in [-0.25, -0.2) is 0 Å². The van der Waals surface area contributed by atoms with E-state index in [9.17, 15) is 0 Å². The fourth-order valence-electron chi connectivity index (χ4n) is 4.77. The van der Waals surface area contributed by atoms with Crippen molar-refractivity contribution in [2.75, 3.05) is 0 Å². The molecule has 4 heteroatoms. The Hall–Kier alpha value is -3.94. The predicted octanol–water partition coefficient (Wildman–Crippen LogP) is 7.62. The van der Waals surface area contributed by atoms with Gasteiger partial charge in [0.2, 0.25) is 0 Å². The van der Waals surface area contributed by atoms with Crippen molar-refractivity contribution < 1.29 is 21.1 Å². The molecule has 0 saturated carbocycles. The van der Waals surface area contributed by atoms with Crippen molar-refractivity contribution in [1.82, 2.24) is 15.0 Å². The van der Waals surface area contributed by atoms with Crippen molar-refractivity contribution in [3.8, 4) is 22.5 Å². The Labute approximate surface area is 216 Å². The number of nitrogens with zero attached hydrogens (tertiary/aromatic N) is 3. The van der Waals surface area contributed by atoms with E-state index in [2.05, 4.69) is 88.8 Å². The first kappa shape index (κ1) is 21.6. The molecule has 0 amide bonds. The van der Waals surface area contributed by atoms with E-state index < -0.39 is 0 Å². The molecular weight excluding hydrogens is 609 g/mol. The summed E-state index contributed by atoms with van der Waals surface area (Å²) >= 11 is 0. The van der Waals surface area contributed by atoms with Gasteiger partial charge in [-0.3, -0.25) is 15.0 Å². The van der Waals surface area contributed by atoms with E-state index in [1.807, 2.05) is 36.7 Å². The first-order valence-corrected chi connectivity index (χ1v) is 11.3. The average Bonchev–Trinajstić information content (AvgIpc) is 2.92. The molecule has 0 N–H and O–H groups in total. The number of pyridine rings is 3. The van der Waals surface area contributed by atoms with E-state index in [4.69, 9.17) is 4.98 Å². The topological polar surface area (TPSA) is 38.7 Å². The Morgan fingerprint density at radius 1 is 0.514 bits per heavy atom. The van der Waals surface area contributed by atoms with Crippen molar-refractivity contribution in [3.63, 3.8) is 0 Å². The van der Waals surface area contributed by atoms with Crippen LogP contribution in [0.15, 0.2) is 109 Å². The molecule has 3 nitrogen and oxygen atoms in total. The SMILES string of the molecule is [Pt].[c-]1c(-c2ccc3ccc4ccc5cccnc5c4c3n2)cccc1-c1nccc2ccccc12. The molecule has 35 heavy (non-hydrogen) atoms. The maximum absolute atomic E-state index is 5.13. The molecular formula is C31H18N3Pt-. The minimum atomic E-state index is 0. The third-order valence-corrected chi connectivity index (χ3v) is 6.41. The second-order valence-corrected chi connectivity index (χ2v) is 8.43. The van der Waals surface area contributed by atoms with Gasteiger partial charge in [-0.2, -0.15) is 0 Å². The minimum absolute atomic E-state index is 0. The van der Waals surface area contributed by atoms with Crippen LogP contribution in [0, 0.1) is 6.07 Å². The fourth-order valence-corrected chi connectivity index (χ4v) is 4.77. The van der Waals surface area contributed by atoms with E-state index in [0.29, 0.717) is 0 Å². The predicted molar refractivity (Wildman–Crippen MR) is 140 cm³/mol. The largest absolute Gasteiger partial charge is 0.294 e. The van der Waals surface area contributed by atoms with Gasteiger partial charge in [0.15, 0.2) is 0 Å². The molecule has 7 aromatic rings. The van der Waals surface area contributed by atoms with Crippen LogP contribution in [0.2, 0.25) is 0 Å². The van der Waals surface area contributed by atoms with Gasteiger partial charge in [0.05, 0.1) is 11.0 Å². The van der Waals surface area contributed by atoms with Crippen molar-refractivity contribution >= 4 is 43.4 Å². The maximum atomic E-state index is 5.13. The second kappa shape index (κ2) is 8.69. The molecule has 0 saturated heterocycles. The van der Waals surface area contributed by atoms with Gasteiger partial charge in [0.25, 0.3) is 0 Å². The van der Waals surface area contributed by atoms with Gasteiger partial charge in [-0.1, -0.05) is 77.9 Å². The molecule has 0 aliphatic heterocycles. The van der Waals surface area contributed by atoms with E-state index in [1.54, 1.807) is 0 Å². The molecule has 3 heterocycles. The molecule has 0 atom stereocenters. The molecule has 168 valence electrons. The molecule has 0 unspecified atom stereocenters. The third-order valence-electron chi connectivity index (χ3n) is 6.41. The fraction of sp³-hybridized carbons (Fsp3) is 0. The summed E-state index contributed by atoms with van der Waals surface area (Å²) in [5, 5.41) is 6.73. The van der Waals surface area contributed by atoms with E-state index in [0.717, 1.165) is 60.5 Å². The van der Waals surface area contributed by atoms with Crippen LogP contribution in [0.5, 0.6) is 0 Å². The summed E-state index contributed by atoms with van der Waals surface area (Å²) in [5.41, 5.74) is 5.66. The molecule has 0 fully saturated rings. The Bertz CT molecular complexity index is 1870. The number of fused-ring (bicyclic) bond motifs is 6. The zero-order valence-electron chi connectivity index (χ0n) is 18.6. The molecule has 0 aliphatic rings. The third kappa shape index (κ3) is 3.60. The van der Waals surface area contributed by atoms with Gasteiger partial charge in [-0.15, -0.1) is 24.3 Å². The summed E-state index contributed by atoms with van der Waals surface area (Å²) in [6.07, 6.45) is 3.70. The smallest absolute Gasteiger partial charge is 0.0801 e. The second-order valence-electron chi connectivity index (χ2n) is 8.43. The summed E-state index contributed by atoms with van der Waals surface area (Å²) < 4.78 is 0. The Morgan fingerprint density at radius 3 is 2.17 bits per heavy atom. The van der Waals surface area contributed by atoms with Gasteiger partial charge >= 0.3 is 0 Å². The normalized spacial score (nSPS) is 11.2. The summed E-state index contributed by atoms with van der Waals surface area (Å²) in [6, 6.07) is 36.9. The van der Waals surface area contributed by atoms with Crippen LogP contribution in [0.25, 0.3) is 65.9 Å². The molecule has 0 radical (unpaired) electrons. The minimum Gasteiger partial charge on any atom is -0.294 e. The number of hydrogen-bond acceptors (Lipinski definition) is 3. The Balaban J connectivity index is 0.00000229. The Morgan fingerprint density at radius 2 is 1.26 bits per heavy atom. The standard InChI is InChI=1S/C31H18N3.Pt/c1-2-9-26-20(5-1)16-18-33-29(26)25-7-3-6-24(19-25)27-15-14-23-13-11-21-10-12-22-8-4-17-32-30(22)28(21)31(23)34-27;/h1-18H;/q-1;. The monoisotopic (exact) mass is 627 g/mol. The van der Waals surface area contributed by atoms with Gasteiger partial charge < -0.3 is 0 Å². The summed E-state index contributed by atoms with van der Waals surface area (Å²) in [5.74, 6) is 0. The molecule has 0 spiro atoms. The van der Waals surface area contributed by atoms with Crippen LogP contribution in [0.4, 0.5) is 0 Å². The van der Waals surface area contributed by atoms with E-state index in [1.165, 1.54) is 5.39 Å². The van der Waals surface area contributed by atoms with Crippen molar-refractivity contribution in [2.24, 2.45) is 0 Å². The summed E-state index contributed by atoms with van der Waals surface area (Å²) in [7, 11) is 0. The molecule has 0 aliphatic carbocycles. The maximum Gasteiger partial charge on any atom is 0.0801 e. The molecule has 4 aromatic carbocycles. The van der Waals surface area contributed by atoms with Gasteiger partial charge in [-0.05, 0) is 33.7 Å². The molecule has 3 aromatic heterocycles. The van der Waals surface area contributed by atoms with E-state index >= 15 is 0 Å². The zero-order chi connectivity index (χ0) is 22.5. The number of rotatable bonds is 2. The van der Waals surface area contributed by atoms with Crippen molar-refractivity contribution in [1.29, 1.82) is 0 Å². The first-order chi connectivity index (χ1) is 16.8. The first-order valence-electron chi connectivity index (χ1n) is 11.3. The number of benzene rings is 4. The number of hydrogen-bond donors (Lipinski definition) is 0. The Kier molecular flexibility index (Phi) is 5.36. The van der Waals surface area contributed by atoms with Crippen LogP contribution in [-0.2, 0) is 21.1 Å². The summed E-state index contributed by atoms with van der Waals surface area (Å²) in [6.45, 7) is 0. The van der Waals surface area contributed by atoms with Crippen LogP contribution < -0.4 is 0 Å². The van der Waals surface area contributed by atoms with Crippen molar-refractivity contribution in [2.45, 2.75) is 0 Å². The van der Waals surface area contributed by atoms with Gasteiger partial charge in [0.1, 0.15) is 0 Å². The average molecular weight is 628 g/mol. The van der Waals surface area contributed by atoms with Crippen LogP contribution in [-0.4, -0.2) is 15.0 Å². The van der Waals surface area contributed by atoms with Crippen LogP contribution in [0.1, 0.15) is 0 Å². The van der Waals surface area contributed by atoms with Gasteiger partial charge in [0, 0.05) is 55.6 Å². The van der Waals surface area contributed by atoms with Crippen LogP contribution in [0.3, 0.4) is 0 Å². The molecule has 0 bridgehead atoms. The quantitative estimate of drug-likeness (QED) is 0.146. The number of aromatic nitrogens is 3.